The average molecular weight is 287 g/mol. The van der Waals surface area contributed by atoms with Crippen LogP contribution in [0.15, 0.2) is 16.9 Å². The molecular formula is C15H21N5O. The van der Waals surface area contributed by atoms with Crippen molar-refractivity contribution in [2.45, 2.75) is 40.7 Å². The number of nitrogens with zero attached hydrogens (tertiary/aromatic N) is 4. The molecule has 0 fully saturated rings. The molecule has 1 N–H and O–H groups in total. The zero-order valence-electron chi connectivity index (χ0n) is 13.0. The van der Waals surface area contributed by atoms with Crippen molar-refractivity contribution < 1.29 is 0 Å². The molecule has 0 bridgehead atoms. The van der Waals surface area contributed by atoms with Crippen LogP contribution in [0.1, 0.15) is 36.4 Å². The smallest absolute Gasteiger partial charge is 0.254 e. The van der Waals surface area contributed by atoms with Crippen LogP contribution in [0, 0.1) is 20.8 Å². The second kappa shape index (κ2) is 6.47. The number of aryl methyl sites for hydroxylation is 3. The highest BCUT2D eigenvalue weighted by Gasteiger charge is 2.08. The van der Waals surface area contributed by atoms with E-state index >= 15 is 0 Å². The Morgan fingerprint density at radius 2 is 1.81 bits per heavy atom. The van der Waals surface area contributed by atoms with E-state index in [9.17, 15) is 4.79 Å². The average Bonchev–Trinajstić information content (AvgIpc) is 2.40. The third-order valence-electron chi connectivity index (χ3n) is 3.08. The molecule has 112 valence electrons. The van der Waals surface area contributed by atoms with Gasteiger partial charge in [0.2, 0.25) is 0 Å². The van der Waals surface area contributed by atoms with E-state index in [2.05, 4.69) is 27.2 Å². The summed E-state index contributed by atoms with van der Waals surface area (Å²) in [6.07, 6.45) is 1.03. The van der Waals surface area contributed by atoms with E-state index in [1.807, 2.05) is 26.8 Å². The Kier molecular flexibility index (Phi) is 4.67. The summed E-state index contributed by atoms with van der Waals surface area (Å²) >= 11 is 0. The van der Waals surface area contributed by atoms with Crippen molar-refractivity contribution in [1.82, 2.24) is 19.5 Å². The number of hydrogen-bond acceptors (Lipinski definition) is 5. The number of rotatable bonds is 5. The molecule has 0 saturated carbocycles. The molecule has 6 heteroatoms. The maximum absolute atomic E-state index is 12.1. The van der Waals surface area contributed by atoms with Crippen LogP contribution in [-0.4, -0.2) is 26.1 Å². The fourth-order valence-electron chi connectivity index (χ4n) is 2.14. The van der Waals surface area contributed by atoms with Crippen LogP contribution in [0.3, 0.4) is 0 Å². The molecule has 2 heterocycles. The topological polar surface area (TPSA) is 72.7 Å². The lowest BCUT2D eigenvalue weighted by Gasteiger charge is -2.11. The van der Waals surface area contributed by atoms with Gasteiger partial charge in [-0.2, -0.15) is 0 Å². The molecule has 0 saturated heterocycles. The van der Waals surface area contributed by atoms with Gasteiger partial charge in [0.1, 0.15) is 11.6 Å². The van der Waals surface area contributed by atoms with Gasteiger partial charge in [-0.15, -0.1) is 0 Å². The van der Waals surface area contributed by atoms with E-state index in [0.717, 1.165) is 30.2 Å². The third kappa shape index (κ3) is 3.87. The number of nitrogens with one attached hydrogen (secondary N) is 1. The van der Waals surface area contributed by atoms with Crippen molar-refractivity contribution in [3.05, 3.63) is 45.5 Å². The zero-order chi connectivity index (χ0) is 15.4. The molecule has 0 unspecified atom stereocenters. The normalized spacial score (nSPS) is 10.7. The SMILES string of the molecule is CCCNc1cc(C)nc(Cn2c(C)nc(C)cc2=O)n1. The Bertz CT molecular complexity index is 693. The third-order valence-corrected chi connectivity index (χ3v) is 3.08. The van der Waals surface area contributed by atoms with Gasteiger partial charge in [0, 0.05) is 30.1 Å². The first-order valence-electron chi connectivity index (χ1n) is 7.13. The minimum absolute atomic E-state index is 0.0758. The summed E-state index contributed by atoms with van der Waals surface area (Å²) < 4.78 is 1.59. The molecule has 0 aromatic carbocycles. The van der Waals surface area contributed by atoms with Crippen molar-refractivity contribution in [2.75, 3.05) is 11.9 Å². The van der Waals surface area contributed by atoms with Crippen LogP contribution >= 0.6 is 0 Å². The molecule has 0 amide bonds. The summed E-state index contributed by atoms with van der Waals surface area (Å²) in [5.74, 6) is 2.09. The molecule has 0 radical (unpaired) electrons. The monoisotopic (exact) mass is 287 g/mol. The summed E-state index contributed by atoms with van der Waals surface area (Å²) in [5, 5.41) is 3.25. The zero-order valence-corrected chi connectivity index (χ0v) is 13.0. The van der Waals surface area contributed by atoms with Crippen LogP contribution in [0.2, 0.25) is 0 Å². The Morgan fingerprint density at radius 1 is 1.10 bits per heavy atom. The molecule has 2 aromatic heterocycles. The number of aromatic nitrogens is 4. The molecule has 21 heavy (non-hydrogen) atoms. The van der Waals surface area contributed by atoms with E-state index in [0.29, 0.717) is 18.2 Å². The van der Waals surface area contributed by atoms with Gasteiger partial charge < -0.3 is 5.32 Å². The molecule has 2 aromatic rings. The molecule has 2 rings (SSSR count). The van der Waals surface area contributed by atoms with Crippen LogP contribution in [0.25, 0.3) is 0 Å². The summed E-state index contributed by atoms with van der Waals surface area (Å²) in [4.78, 5) is 25.2. The second-order valence-corrected chi connectivity index (χ2v) is 5.11. The fourth-order valence-corrected chi connectivity index (χ4v) is 2.14. The van der Waals surface area contributed by atoms with E-state index in [4.69, 9.17) is 0 Å². The van der Waals surface area contributed by atoms with E-state index in [1.165, 1.54) is 6.07 Å². The van der Waals surface area contributed by atoms with Gasteiger partial charge in [0.25, 0.3) is 5.56 Å². The molecule has 6 nitrogen and oxygen atoms in total. The largest absolute Gasteiger partial charge is 0.370 e. The minimum atomic E-state index is -0.0758. The molecule has 0 aliphatic rings. The summed E-state index contributed by atoms with van der Waals surface area (Å²) in [7, 11) is 0. The number of hydrogen-bond donors (Lipinski definition) is 1. The molecular weight excluding hydrogens is 266 g/mol. The van der Waals surface area contributed by atoms with E-state index in [-0.39, 0.29) is 5.56 Å². The lowest BCUT2D eigenvalue weighted by molar-refractivity contribution is 0.662. The maximum Gasteiger partial charge on any atom is 0.254 e. The van der Waals surface area contributed by atoms with E-state index in [1.54, 1.807) is 4.57 Å². The van der Waals surface area contributed by atoms with Crippen molar-refractivity contribution in [1.29, 1.82) is 0 Å². The lowest BCUT2D eigenvalue weighted by Crippen LogP contribution is -2.25. The molecule has 0 atom stereocenters. The van der Waals surface area contributed by atoms with Gasteiger partial charge in [-0.05, 0) is 27.2 Å². The molecule has 0 aliphatic heterocycles. The lowest BCUT2D eigenvalue weighted by atomic mass is 10.3. The van der Waals surface area contributed by atoms with Gasteiger partial charge >= 0.3 is 0 Å². The van der Waals surface area contributed by atoms with Crippen molar-refractivity contribution in [3.8, 4) is 0 Å². The van der Waals surface area contributed by atoms with Crippen LogP contribution in [0.5, 0.6) is 0 Å². The Hall–Kier alpha value is -2.24. The summed E-state index contributed by atoms with van der Waals surface area (Å²) in [6.45, 7) is 8.85. The summed E-state index contributed by atoms with van der Waals surface area (Å²) in [6, 6.07) is 3.43. The summed E-state index contributed by atoms with van der Waals surface area (Å²) in [5.41, 5.74) is 1.53. The van der Waals surface area contributed by atoms with Crippen LogP contribution in [-0.2, 0) is 6.54 Å². The highest BCUT2D eigenvalue weighted by molar-refractivity contribution is 5.35. The van der Waals surface area contributed by atoms with Gasteiger partial charge in [-0.1, -0.05) is 6.92 Å². The fraction of sp³-hybridized carbons (Fsp3) is 0.467. The quantitative estimate of drug-likeness (QED) is 0.908. The van der Waals surface area contributed by atoms with Gasteiger partial charge in [-0.3, -0.25) is 9.36 Å². The van der Waals surface area contributed by atoms with Crippen molar-refractivity contribution in [3.63, 3.8) is 0 Å². The Balaban J connectivity index is 2.31. The van der Waals surface area contributed by atoms with Crippen molar-refractivity contribution >= 4 is 5.82 Å². The number of anilines is 1. The van der Waals surface area contributed by atoms with Crippen LogP contribution < -0.4 is 10.9 Å². The second-order valence-electron chi connectivity index (χ2n) is 5.11. The van der Waals surface area contributed by atoms with Gasteiger partial charge in [-0.25, -0.2) is 15.0 Å². The Labute approximate surface area is 124 Å². The first kappa shape index (κ1) is 15.2. The first-order chi connectivity index (χ1) is 9.99. The van der Waals surface area contributed by atoms with Gasteiger partial charge in [0.05, 0.1) is 6.54 Å². The predicted octanol–water partition coefficient (Wildman–Crippen LogP) is 1.83. The van der Waals surface area contributed by atoms with Gasteiger partial charge in [0.15, 0.2) is 5.82 Å². The maximum atomic E-state index is 12.1. The first-order valence-corrected chi connectivity index (χ1v) is 7.13. The molecule has 0 spiro atoms. The molecule has 0 aliphatic carbocycles. The highest BCUT2D eigenvalue weighted by Crippen LogP contribution is 2.07. The Morgan fingerprint density at radius 3 is 2.48 bits per heavy atom. The van der Waals surface area contributed by atoms with E-state index < -0.39 is 0 Å². The van der Waals surface area contributed by atoms with Crippen LogP contribution in [0.4, 0.5) is 5.82 Å². The minimum Gasteiger partial charge on any atom is -0.370 e. The van der Waals surface area contributed by atoms with Crippen molar-refractivity contribution in [2.24, 2.45) is 0 Å². The highest BCUT2D eigenvalue weighted by atomic mass is 16.1. The predicted molar refractivity (Wildman–Crippen MR) is 82.6 cm³/mol. The standard InChI is InChI=1S/C15H21N5O/c1-5-6-16-13-7-10(2)18-14(19-13)9-20-12(4)17-11(3)8-15(20)21/h7-8H,5-6,9H2,1-4H3,(H,16,18,19).